The second kappa shape index (κ2) is 5.73. The highest BCUT2D eigenvalue weighted by atomic mass is 16.5. The van der Waals surface area contributed by atoms with Crippen LogP contribution in [0.5, 0.6) is 5.75 Å². The summed E-state index contributed by atoms with van der Waals surface area (Å²) in [5.41, 5.74) is 1.83. The number of amides is 2. The Balaban J connectivity index is 2.24. The molecule has 1 aliphatic rings. The average Bonchev–Trinajstić information content (AvgIpc) is 2.82. The fourth-order valence-corrected chi connectivity index (χ4v) is 2.70. The number of hydroxylamine groups is 1. The molecule has 1 aliphatic heterocycles. The lowest BCUT2D eigenvalue weighted by molar-refractivity contribution is -0.143. The molecule has 0 unspecified atom stereocenters. The lowest BCUT2D eigenvalue weighted by Crippen LogP contribution is -2.47. The van der Waals surface area contributed by atoms with Crippen molar-refractivity contribution in [2.24, 2.45) is 0 Å². The number of benzene rings is 1. The standard InChI is InChI=1S/C15H20N2O4/c1-10(13(18)16-20)17-9-8-15(2,14(17)19)11-4-6-12(21-3)7-5-11/h4-7,10,20H,8-9H2,1-3H3,(H,16,18)/t10-,15+/m1/s1. The molecule has 2 atom stereocenters. The SMILES string of the molecule is COc1ccc([C@]2(C)CCN([C@H](C)C(=O)NO)C2=O)cc1. The van der Waals surface area contributed by atoms with Gasteiger partial charge in [-0.15, -0.1) is 0 Å². The Labute approximate surface area is 123 Å². The van der Waals surface area contributed by atoms with E-state index in [1.165, 1.54) is 4.90 Å². The first-order valence-corrected chi connectivity index (χ1v) is 6.83. The summed E-state index contributed by atoms with van der Waals surface area (Å²) in [5, 5.41) is 8.71. The van der Waals surface area contributed by atoms with Gasteiger partial charge in [-0.2, -0.15) is 0 Å². The van der Waals surface area contributed by atoms with Crippen LogP contribution in [-0.4, -0.2) is 41.6 Å². The summed E-state index contributed by atoms with van der Waals surface area (Å²) in [4.78, 5) is 25.7. The van der Waals surface area contributed by atoms with Gasteiger partial charge in [-0.05, 0) is 38.0 Å². The highest BCUT2D eigenvalue weighted by molar-refractivity contribution is 5.94. The van der Waals surface area contributed by atoms with Crippen LogP contribution >= 0.6 is 0 Å². The lowest BCUT2D eigenvalue weighted by Gasteiger charge is -2.27. The molecule has 2 rings (SSSR count). The van der Waals surface area contributed by atoms with Crippen molar-refractivity contribution in [2.75, 3.05) is 13.7 Å². The largest absolute Gasteiger partial charge is 0.497 e. The van der Waals surface area contributed by atoms with Gasteiger partial charge in [-0.25, -0.2) is 5.48 Å². The predicted molar refractivity (Wildman–Crippen MR) is 76.1 cm³/mol. The van der Waals surface area contributed by atoms with Crippen LogP contribution < -0.4 is 10.2 Å². The highest BCUT2D eigenvalue weighted by Gasteiger charge is 2.46. The topological polar surface area (TPSA) is 78.9 Å². The van der Waals surface area contributed by atoms with E-state index in [4.69, 9.17) is 9.94 Å². The van der Waals surface area contributed by atoms with Crippen LogP contribution in [0.25, 0.3) is 0 Å². The van der Waals surface area contributed by atoms with Gasteiger partial charge in [0.15, 0.2) is 0 Å². The Morgan fingerprint density at radius 3 is 2.57 bits per heavy atom. The molecule has 114 valence electrons. The number of rotatable bonds is 4. The number of nitrogens with one attached hydrogen (secondary N) is 1. The Hall–Kier alpha value is -2.08. The van der Waals surface area contributed by atoms with Gasteiger partial charge in [0.2, 0.25) is 5.91 Å². The number of hydrogen-bond acceptors (Lipinski definition) is 4. The number of hydrogen-bond donors (Lipinski definition) is 2. The molecule has 0 aromatic heterocycles. The van der Waals surface area contributed by atoms with Crippen LogP contribution in [0.2, 0.25) is 0 Å². The Bertz CT molecular complexity index is 543. The summed E-state index contributed by atoms with van der Waals surface area (Å²) in [7, 11) is 1.59. The van der Waals surface area contributed by atoms with E-state index in [0.29, 0.717) is 13.0 Å². The van der Waals surface area contributed by atoms with Crippen molar-refractivity contribution < 1.29 is 19.5 Å². The van der Waals surface area contributed by atoms with E-state index in [9.17, 15) is 9.59 Å². The van der Waals surface area contributed by atoms with E-state index in [1.807, 2.05) is 31.2 Å². The number of likely N-dealkylation sites (tertiary alicyclic amines) is 1. The molecule has 1 fully saturated rings. The summed E-state index contributed by atoms with van der Waals surface area (Å²) < 4.78 is 5.12. The number of methoxy groups -OCH3 is 1. The molecular formula is C15H20N2O4. The monoisotopic (exact) mass is 292 g/mol. The number of ether oxygens (including phenoxy) is 1. The van der Waals surface area contributed by atoms with Gasteiger partial charge >= 0.3 is 0 Å². The van der Waals surface area contributed by atoms with E-state index >= 15 is 0 Å². The zero-order chi connectivity index (χ0) is 15.6. The van der Waals surface area contributed by atoms with Gasteiger partial charge in [0, 0.05) is 6.54 Å². The lowest BCUT2D eigenvalue weighted by atomic mass is 9.81. The average molecular weight is 292 g/mol. The first kappa shape index (κ1) is 15.3. The molecule has 6 nitrogen and oxygen atoms in total. The van der Waals surface area contributed by atoms with Gasteiger partial charge in [0.05, 0.1) is 12.5 Å². The van der Waals surface area contributed by atoms with Crippen molar-refractivity contribution in [1.82, 2.24) is 10.4 Å². The molecule has 1 aromatic carbocycles. The van der Waals surface area contributed by atoms with E-state index in [0.717, 1.165) is 11.3 Å². The van der Waals surface area contributed by atoms with Crippen LogP contribution in [0.3, 0.4) is 0 Å². The summed E-state index contributed by atoms with van der Waals surface area (Å²) in [6.45, 7) is 3.96. The first-order chi connectivity index (χ1) is 9.93. The molecule has 1 heterocycles. The predicted octanol–water partition coefficient (Wildman–Crippen LogP) is 1.08. The van der Waals surface area contributed by atoms with Crippen molar-refractivity contribution >= 4 is 11.8 Å². The molecule has 0 bridgehead atoms. The van der Waals surface area contributed by atoms with Crippen molar-refractivity contribution in [3.63, 3.8) is 0 Å². The molecule has 2 amide bonds. The molecule has 6 heteroatoms. The summed E-state index contributed by atoms with van der Waals surface area (Å²) in [5.74, 6) is 0.0452. The van der Waals surface area contributed by atoms with Gasteiger partial charge < -0.3 is 9.64 Å². The van der Waals surface area contributed by atoms with Crippen LogP contribution in [0.4, 0.5) is 0 Å². The van der Waals surface area contributed by atoms with Gasteiger partial charge in [0.25, 0.3) is 5.91 Å². The maximum atomic E-state index is 12.7. The third-order valence-corrected chi connectivity index (χ3v) is 4.27. The zero-order valence-corrected chi connectivity index (χ0v) is 12.4. The third kappa shape index (κ3) is 2.58. The number of carbonyl (C=O) groups excluding carboxylic acids is 2. The minimum Gasteiger partial charge on any atom is -0.497 e. The van der Waals surface area contributed by atoms with E-state index in [-0.39, 0.29) is 5.91 Å². The zero-order valence-electron chi connectivity index (χ0n) is 12.4. The molecule has 21 heavy (non-hydrogen) atoms. The fourth-order valence-electron chi connectivity index (χ4n) is 2.70. The normalized spacial score (nSPS) is 23.0. The molecule has 0 aliphatic carbocycles. The molecule has 2 N–H and O–H groups in total. The Kier molecular flexibility index (Phi) is 4.18. The first-order valence-electron chi connectivity index (χ1n) is 6.83. The van der Waals surface area contributed by atoms with Gasteiger partial charge in [0.1, 0.15) is 11.8 Å². The van der Waals surface area contributed by atoms with Crippen LogP contribution in [0.1, 0.15) is 25.8 Å². The van der Waals surface area contributed by atoms with Gasteiger partial charge in [-0.3, -0.25) is 14.8 Å². The number of carbonyl (C=O) groups is 2. The molecular weight excluding hydrogens is 272 g/mol. The second-order valence-electron chi connectivity index (χ2n) is 5.46. The summed E-state index contributed by atoms with van der Waals surface area (Å²) in [6, 6.07) is 6.69. The molecule has 0 spiro atoms. The van der Waals surface area contributed by atoms with Crippen molar-refractivity contribution in [1.29, 1.82) is 0 Å². The fraction of sp³-hybridized carbons (Fsp3) is 0.467. The van der Waals surface area contributed by atoms with Crippen molar-refractivity contribution in [3.05, 3.63) is 29.8 Å². The van der Waals surface area contributed by atoms with Crippen LogP contribution in [0, 0.1) is 0 Å². The molecule has 0 saturated carbocycles. The molecule has 1 saturated heterocycles. The van der Waals surface area contributed by atoms with Crippen LogP contribution in [-0.2, 0) is 15.0 Å². The van der Waals surface area contributed by atoms with Crippen molar-refractivity contribution in [2.45, 2.75) is 31.7 Å². The van der Waals surface area contributed by atoms with Crippen LogP contribution in [0.15, 0.2) is 24.3 Å². The third-order valence-electron chi connectivity index (χ3n) is 4.27. The number of nitrogens with zero attached hydrogens (tertiary/aromatic N) is 1. The molecule has 1 aromatic rings. The highest BCUT2D eigenvalue weighted by Crippen LogP contribution is 2.37. The minimum absolute atomic E-state index is 0.108. The Morgan fingerprint density at radius 2 is 2.05 bits per heavy atom. The van der Waals surface area contributed by atoms with E-state index in [1.54, 1.807) is 19.5 Å². The maximum absolute atomic E-state index is 12.7. The Morgan fingerprint density at radius 1 is 1.43 bits per heavy atom. The smallest absolute Gasteiger partial charge is 0.265 e. The van der Waals surface area contributed by atoms with E-state index in [2.05, 4.69) is 0 Å². The minimum atomic E-state index is -0.692. The second-order valence-corrected chi connectivity index (χ2v) is 5.46. The summed E-state index contributed by atoms with van der Waals surface area (Å²) in [6.07, 6.45) is 0.626. The van der Waals surface area contributed by atoms with Crippen molar-refractivity contribution in [3.8, 4) is 5.75 Å². The van der Waals surface area contributed by atoms with E-state index < -0.39 is 17.4 Å². The quantitative estimate of drug-likeness (QED) is 0.643. The summed E-state index contributed by atoms with van der Waals surface area (Å²) >= 11 is 0. The van der Waals surface area contributed by atoms with Gasteiger partial charge in [-0.1, -0.05) is 12.1 Å². The maximum Gasteiger partial charge on any atom is 0.265 e. The molecule has 0 radical (unpaired) electrons.